The summed E-state index contributed by atoms with van der Waals surface area (Å²) >= 11 is 0. The maximum Gasteiger partial charge on any atom is 0.187 e. The van der Waals surface area contributed by atoms with Crippen LogP contribution in [0.2, 0.25) is 0 Å². The van der Waals surface area contributed by atoms with Gasteiger partial charge in [-0.25, -0.2) is 0 Å². The normalized spacial score (nSPS) is 13.7. The highest BCUT2D eigenvalue weighted by molar-refractivity contribution is 7.81. The van der Waals surface area contributed by atoms with Gasteiger partial charge in [0.05, 0.1) is 0 Å². The smallest absolute Gasteiger partial charge is 0.187 e. The van der Waals surface area contributed by atoms with E-state index in [1.54, 1.807) is 12.2 Å². The maximum absolute atomic E-state index is 15.6. The Hall–Kier alpha value is -5.00. The first-order chi connectivity index (χ1) is 43.7. The first-order valence-corrected chi connectivity index (χ1v) is 39.6. The number of benzene rings is 6. The lowest BCUT2D eigenvalue weighted by atomic mass is 9.84. The Morgan fingerprint density at radius 1 is 0.191 bits per heavy atom. The van der Waals surface area contributed by atoms with Gasteiger partial charge in [-0.3, -0.25) is 9.59 Å². The molecule has 1 aliphatic rings. The molecule has 6 aromatic carbocycles. The number of hydrogen-bond acceptors (Lipinski definition) is 2. The van der Waals surface area contributed by atoms with Crippen molar-refractivity contribution in [2.45, 2.75) is 316 Å². The molecule has 0 aliphatic heterocycles. The molecule has 7 rings (SSSR count). The van der Waals surface area contributed by atoms with Crippen LogP contribution in [0.3, 0.4) is 0 Å². The van der Waals surface area contributed by atoms with Gasteiger partial charge in [0.1, 0.15) is 0 Å². The van der Waals surface area contributed by atoms with E-state index in [-0.39, 0.29) is 35.2 Å². The van der Waals surface area contributed by atoms with Crippen LogP contribution in [0.5, 0.6) is 0 Å². The molecular formula is C90H126O2P2. The molecule has 0 spiro atoms. The minimum atomic E-state index is -1.18. The molecule has 0 aromatic heterocycles. The van der Waals surface area contributed by atoms with E-state index in [1.165, 1.54) is 121 Å². The Balaban J connectivity index is 1.57. The first-order valence-electron chi connectivity index (χ1n) is 36.9. The van der Waals surface area contributed by atoms with E-state index in [1.807, 2.05) is 0 Å². The highest BCUT2D eigenvalue weighted by atomic mass is 31.1. The number of ketones is 2. The van der Waals surface area contributed by atoms with Gasteiger partial charge in [-0.15, -0.1) is 0 Å². The first kappa shape index (κ1) is 76.4. The lowest BCUT2D eigenvalue weighted by Crippen LogP contribution is -2.35. The van der Waals surface area contributed by atoms with E-state index in [4.69, 9.17) is 0 Å². The van der Waals surface area contributed by atoms with Crippen molar-refractivity contribution in [2.24, 2.45) is 0 Å². The van der Waals surface area contributed by atoms with Crippen molar-refractivity contribution in [1.82, 2.24) is 0 Å². The third-order valence-corrected chi connectivity index (χ3v) is 26.1. The number of allylic oxidation sites excluding steroid dienone is 4. The van der Waals surface area contributed by atoms with E-state index < -0.39 is 15.8 Å². The molecule has 94 heavy (non-hydrogen) atoms. The third kappa shape index (κ3) is 15.6. The van der Waals surface area contributed by atoms with Gasteiger partial charge in [-0.2, -0.15) is 0 Å². The molecule has 0 saturated carbocycles. The SMILES string of the molecule is CC(C)c1cc(C(C)C)c(P(c2c(C(C)C)cc(C3=CC(=O)C(c4cc(C(C)C)c(P(c5c(C(C)C)cc(C(C)C)cc5C(C)C)c5c(C(C)C)cc(C(C)C)cc5C(C)C)c(C(C)C)c4)=CC3=O)cc2C(C)C)c2c(C(C)C)cc(C(C)C)cc2C(C)C)c(C(C)C)c1. The van der Waals surface area contributed by atoms with Gasteiger partial charge in [0.15, 0.2) is 11.6 Å². The Morgan fingerprint density at radius 2 is 0.319 bits per heavy atom. The molecule has 6 aromatic rings. The summed E-state index contributed by atoms with van der Waals surface area (Å²) < 4.78 is 0. The maximum atomic E-state index is 15.6. The van der Waals surface area contributed by atoms with Crippen LogP contribution in [0.4, 0.5) is 0 Å². The van der Waals surface area contributed by atoms with Crippen molar-refractivity contribution in [3.05, 3.63) is 185 Å². The van der Waals surface area contributed by atoms with Crippen LogP contribution < -0.4 is 31.8 Å². The predicted octanol–water partition coefficient (Wildman–Crippen LogP) is 24.8. The molecule has 0 atom stereocenters. The van der Waals surface area contributed by atoms with Gasteiger partial charge in [-0.05, 0) is 255 Å². The molecule has 0 amide bonds. The van der Waals surface area contributed by atoms with Gasteiger partial charge in [0, 0.05) is 11.1 Å². The summed E-state index contributed by atoms with van der Waals surface area (Å²) in [6.45, 7) is 75.9. The molecule has 1 aliphatic carbocycles. The fourth-order valence-electron chi connectivity index (χ4n) is 14.3. The molecule has 0 fully saturated rings. The Bertz CT molecular complexity index is 3240. The van der Waals surface area contributed by atoms with Crippen LogP contribution >= 0.6 is 15.8 Å². The monoisotopic (exact) mass is 1300 g/mol. The number of carbonyl (C=O) groups is 2. The summed E-state index contributed by atoms with van der Waals surface area (Å²) in [7, 11) is -2.37. The van der Waals surface area contributed by atoms with E-state index in [2.05, 4.69) is 294 Å². The van der Waals surface area contributed by atoms with Crippen LogP contribution in [0.15, 0.2) is 84.9 Å². The second-order valence-electron chi connectivity index (χ2n) is 33.2. The fourth-order valence-corrected chi connectivity index (χ4v) is 22.6. The average molecular weight is 1300 g/mol. The van der Waals surface area contributed by atoms with E-state index in [0.717, 1.165) is 11.1 Å². The van der Waals surface area contributed by atoms with Crippen molar-refractivity contribution in [1.29, 1.82) is 0 Å². The molecule has 0 N–H and O–H groups in total. The number of rotatable bonds is 24. The average Bonchev–Trinajstić information content (AvgIpc) is 0.733. The number of carbonyl (C=O) groups excluding carboxylic acids is 2. The van der Waals surface area contributed by atoms with Gasteiger partial charge in [0.25, 0.3) is 0 Å². The van der Waals surface area contributed by atoms with Crippen LogP contribution in [-0.4, -0.2) is 11.6 Å². The Kier molecular flexibility index (Phi) is 25.0. The Morgan fingerprint density at radius 3 is 0.436 bits per heavy atom. The van der Waals surface area contributed by atoms with Gasteiger partial charge in [-0.1, -0.05) is 294 Å². The second-order valence-corrected chi connectivity index (χ2v) is 37.2. The predicted molar refractivity (Wildman–Crippen MR) is 422 cm³/mol. The van der Waals surface area contributed by atoms with Crippen LogP contribution in [0, 0.1) is 0 Å². The molecule has 0 heterocycles. The van der Waals surface area contributed by atoms with Gasteiger partial charge >= 0.3 is 0 Å². The van der Waals surface area contributed by atoms with Crippen molar-refractivity contribution in [3.63, 3.8) is 0 Å². The summed E-state index contributed by atoms with van der Waals surface area (Å²) in [6.07, 6.45) is 3.43. The summed E-state index contributed by atoms with van der Waals surface area (Å²) in [5, 5.41) is 8.88. The topological polar surface area (TPSA) is 34.1 Å². The summed E-state index contributed by atoms with van der Waals surface area (Å²) in [5.74, 6) is 4.14. The molecule has 0 saturated heterocycles. The van der Waals surface area contributed by atoms with Gasteiger partial charge in [0.2, 0.25) is 0 Å². The van der Waals surface area contributed by atoms with Crippen molar-refractivity contribution in [2.75, 3.05) is 0 Å². The largest absolute Gasteiger partial charge is 0.289 e. The zero-order chi connectivity index (χ0) is 70.5. The molecule has 2 nitrogen and oxygen atoms in total. The standard InChI is InChI=1S/C90H126O2P2/c1-47(2)63-33-69(51(9)10)85(70(34-63)52(11)12)93(86-71(53(13)14)35-64(48(3)4)36-72(86)54(15)16)89-77(59(25)26)41-67(42-78(89)60(27)28)81-45-84(92)82(46-83(81)91)68-43-79(61(29)30)90(80(44-68)62(31)32)94(87-73(55(17)18)37-65(49(5)6)38-74(87)56(19)20)88-75(57(21)22)39-66(50(7)8)40-76(88)58(23)24/h33-62H,1-32H3. The summed E-state index contributed by atoms with van der Waals surface area (Å²) in [6, 6.07) is 29.9. The summed E-state index contributed by atoms with van der Waals surface area (Å²) in [4.78, 5) is 31.3. The van der Waals surface area contributed by atoms with Crippen LogP contribution in [0.1, 0.15) is 416 Å². The van der Waals surface area contributed by atoms with Crippen molar-refractivity contribution < 1.29 is 9.59 Å². The molecule has 0 unspecified atom stereocenters. The Labute approximate surface area is 577 Å². The molecule has 4 heteroatoms. The minimum Gasteiger partial charge on any atom is -0.289 e. The molecule has 508 valence electrons. The molecular weight excluding hydrogens is 1170 g/mol. The second kappa shape index (κ2) is 30.8. The lowest BCUT2D eigenvalue weighted by molar-refractivity contribution is -0.112. The van der Waals surface area contributed by atoms with E-state index in [0.29, 0.717) is 82.2 Å². The zero-order valence-electron chi connectivity index (χ0n) is 65.0. The minimum absolute atomic E-state index is 0.110. The van der Waals surface area contributed by atoms with Gasteiger partial charge < -0.3 is 0 Å². The highest BCUT2D eigenvalue weighted by Crippen LogP contribution is 2.52. The van der Waals surface area contributed by atoms with Crippen LogP contribution in [-0.2, 0) is 9.59 Å². The molecule has 0 radical (unpaired) electrons. The summed E-state index contributed by atoms with van der Waals surface area (Å²) in [5.41, 5.74) is 25.0. The van der Waals surface area contributed by atoms with Crippen molar-refractivity contribution in [3.8, 4) is 0 Å². The number of hydrogen-bond donors (Lipinski definition) is 0. The lowest BCUT2D eigenvalue weighted by Gasteiger charge is -2.37. The highest BCUT2D eigenvalue weighted by Gasteiger charge is 2.39. The third-order valence-electron chi connectivity index (χ3n) is 20.3. The van der Waals surface area contributed by atoms with E-state index >= 15 is 9.59 Å². The van der Waals surface area contributed by atoms with Crippen molar-refractivity contribution >= 4 is 70.4 Å². The fraction of sp³-hybridized carbons (Fsp3) is 0.533. The quantitative estimate of drug-likeness (QED) is 0.0447. The zero-order valence-corrected chi connectivity index (χ0v) is 66.8. The van der Waals surface area contributed by atoms with Crippen LogP contribution in [0.25, 0.3) is 11.1 Å². The molecule has 0 bridgehead atoms. The van der Waals surface area contributed by atoms with E-state index in [9.17, 15) is 0 Å².